The average Bonchev–Trinajstić information content (AvgIpc) is 2.24. The summed E-state index contributed by atoms with van der Waals surface area (Å²) in [5, 5.41) is 3.12. The highest BCUT2D eigenvalue weighted by atomic mass is 35.5. The van der Waals surface area contributed by atoms with Gasteiger partial charge < -0.3 is 10.1 Å². The van der Waals surface area contributed by atoms with Crippen molar-refractivity contribution in [2.45, 2.75) is 37.6 Å². The van der Waals surface area contributed by atoms with Gasteiger partial charge >= 0.3 is 0 Å². The Kier molecular flexibility index (Phi) is 3.52. The van der Waals surface area contributed by atoms with Crippen LogP contribution in [-0.4, -0.2) is 30.5 Å². The molecule has 1 aliphatic heterocycles. The second-order valence-corrected chi connectivity index (χ2v) is 4.91. The van der Waals surface area contributed by atoms with Crippen molar-refractivity contribution in [3.8, 4) is 0 Å². The molecule has 0 radical (unpaired) electrons. The number of amides is 1. The Labute approximate surface area is 95.5 Å². The third kappa shape index (κ3) is 2.45. The molecule has 0 bridgehead atoms. The summed E-state index contributed by atoms with van der Waals surface area (Å²) in [6.45, 7) is 1.43. The molecule has 1 amide bonds. The molecule has 1 aliphatic carbocycles. The minimum absolute atomic E-state index is 0.0864. The fraction of sp³-hybridized carbons (Fsp3) is 0.909. The van der Waals surface area contributed by atoms with Crippen molar-refractivity contribution >= 4 is 17.5 Å². The van der Waals surface area contributed by atoms with Gasteiger partial charge in [-0.1, -0.05) is 0 Å². The first-order valence-corrected chi connectivity index (χ1v) is 6.25. The first kappa shape index (κ1) is 11.2. The molecule has 0 aromatic carbocycles. The molecule has 1 saturated heterocycles. The van der Waals surface area contributed by atoms with E-state index in [4.69, 9.17) is 16.3 Å². The molecule has 3 nitrogen and oxygen atoms in total. The van der Waals surface area contributed by atoms with Gasteiger partial charge in [0.25, 0.3) is 0 Å². The molecule has 1 saturated carbocycles. The first-order valence-electron chi connectivity index (χ1n) is 5.71. The molecule has 0 aromatic heterocycles. The van der Waals surface area contributed by atoms with Crippen molar-refractivity contribution in [2.24, 2.45) is 5.92 Å². The van der Waals surface area contributed by atoms with E-state index in [1.165, 1.54) is 6.42 Å². The third-order valence-electron chi connectivity index (χ3n) is 3.55. The second kappa shape index (κ2) is 4.71. The largest absolute Gasteiger partial charge is 0.381 e. The molecule has 2 rings (SSSR count). The van der Waals surface area contributed by atoms with E-state index in [-0.39, 0.29) is 17.4 Å². The van der Waals surface area contributed by atoms with Crippen LogP contribution in [0.15, 0.2) is 0 Å². The predicted octanol–water partition coefficient (Wildman–Crippen LogP) is 1.69. The smallest absolute Gasteiger partial charge is 0.223 e. The SMILES string of the molecule is O=C(NC1(CCl)CCC1)C1CCOCC1. The highest BCUT2D eigenvalue weighted by Crippen LogP contribution is 2.33. The van der Waals surface area contributed by atoms with Gasteiger partial charge in [0.1, 0.15) is 0 Å². The lowest BCUT2D eigenvalue weighted by Crippen LogP contribution is -2.56. The Bertz CT molecular complexity index is 229. The number of hydrogen-bond acceptors (Lipinski definition) is 2. The molecule has 0 unspecified atom stereocenters. The second-order valence-electron chi connectivity index (χ2n) is 4.64. The average molecular weight is 232 g/mol. The number of ether oxygens (including phenoxy) is 1. The summed E-state index contributed by atoms with van der Waals surface area (Å²) in [7, 11) is 0. The molecule has 2 fully saturated rings. The summed E-state index contributed by atoms with van der Waals surface area (Å²) >= 11 is 5.90. The fourth-order valence-electron chi connectivity index (χ4n) is 2.22. The Morgan fingerprint density at radius 1 is 1.40 bits per heavy atom. The fourth-order valence-corrected chi connectivity index (χ4v) is 2.55. The van der Waals surface area contributed by atoms with E-state index in [9.17, 15) is 4.79 Å². The van der Waals surface area contributed by atoms with Gasteiger partial charge in [-0.05, 0) is 32.1 Å². The summed E-state index contributed by atoms with van der Waals surface area (Å²) in [5.41, 5.74) is -0.0864. The van der Waals surface area contributed by atoms with Gasteiger partial charge in [0.2, 0.25) is 5.91 Å². The minimum atomic E-state index is -0.0864. The van der Waals surface area contributed by atoms with E-state index in [2.05, 4.69) is 5.32 Å². The lowest BCUT2D eigenvalue weighted by Gasteiger charge is -2.42. The molecular formula is C11H18ClNO2. The number of carbonyl (C=O) groups is 1. The lowest BCUT2D eigenvalue weighted by atomic mass is 9.78. The Morgan fingerprint density at radius 3 is 2.53 bits per heavy atom. The van der Waals surface area contributed by atoms with Gasteiger partial charge in [-0.2, -0.15) is 0 Å². The van der Waals surface area contributed by atoms with Crippen molar-refractivity contribution in [3.05, 3.63) is 0 Å². The molecule has 0 spiro atoms. The molecule has 0 atom stereocenters. The monoisotopic (exact) mass is 231 g/mol. The first-order chi connectivity index (χ1) is 7.26. The van der Waals surface area contributed by atoms with Gasteiger partial charge in [-0.15, -0.1) is 11.6 Å². The highest BCUT2D eigenvalue weighted by Gasteiger charge is 2.38. The number of alkyl halides is 1. The molecular weight excluding hydrogens is 214 g/mol. The van der Waals surface area contributed by atoms with Gasteiger partial charge in [0, 0.05) is 25.0 Å². The third-order valence-corrected chi connectivity index (χ3v) is 4.06. The molecule has 4 heteroatoms. The maximum atomic E-state index is 11.9. The summed E-state index contributed by atoms with van der Waals surface area (Å²) in [4.78, 5) is 11.9. The van der Waals surface area contributed by atoms with Crippen LogP contribution >= 0.6 is 11.6 Å². The van der Waals surface area contributed by atoms with E-state index in [0.29, 0.717) is 19.1 Å². The van der Waals surface area contributed by atoms with Crippen molar-refractivity contribution in [2.75, 3.05) is 19.1 Å². The topological polar surface area (TPSA) is 38.3 Å². The zero-order valence-electron chi connectivity index (χ0n) is 8.93. The number of carbonyl (C=O) groups excluding carboxylic acids is 1. The van der Waals surface area contributed by atoms with Crippen LogP contribution in [0.25, 0.3) is 0 Å². The normalized spacial score (nSPS) is 25.7. The van der Waals surface area contributed by atoms with Gasteiger partial charge in [0.05, 0.1) is 5.54 Å². The molecule has 2 aliphatic rings. The maximum absolute atomic E-state index is 11.9. The van der Waals surface area contributed by atoms with Crippen LogP contribution in [0.4, 0.5) is 0 Å². The van der Waals surface area contributed by atoms with E-state index in [0.717, 1.165) is 25.7 Å². The maximum Gasteiger partial charge on any atom is 0.223 e. The molecule has 86 valence electrons. The van der Waals surface area contributed by atoms with Crippen LogP contribution < -0.4 is 5.32 Å². The predicted molar refractivity (Wildman–Crippen MR) is 59.0 cm³/mol. The Hall–Kier alpha value is -0.280. The summed E-state index contributed by atoms with van der Waals surface area (Å²) in [5.74, 6) is 0.861. The number of rotatable bonds is 3. The quantitative estimate of drug-likeness (QED) is 0.751. The van der Waals surface area contributed by atoms with Gasteiger partial charge in [-0.25, -0.2) is 0 Å². The van der Waals surface area contributed by atoms with Crippen LogP contribution in [0.2, 0.25) is 0 Å². The van der Waals surface area contributed by atoms with Crippen LogP contribution in [0.1, 0.15) is 32.1 Å². The van der Waals surface area contributed by atoms with Crippen LogP contribution in [-0.2, 0) is 9.53 Å². The zero-order valence-corrected chi connectivity index (χ0v) is 9.68. The molecule has 1 N–H and O–H groups in total. The van der Waals surface area contributed by atoms with Gasteiger partial charge in [-0.3, -0.25) is 4.79 Å². The molecule has 1 heterocycles. The number of halogens is 1. The minimum Gasteiger partial charge on any atom is -0.381 e. The van der Waals surface area contributed by atoms with Crippen LogP contribution in [0.5, 0.6) is 0 Å². The summed E-state index contributed by atoms with van der Waals surface area (Å²) in [6, 6.07) is 0. The summed E-state index contributed by atoms with van der Waals surface area (Å²) in [6.07, 6.45) is 4.95. The standard InChI is InChI=1S/C11H18ClNO2/c12-8-11(4-1-5-11)13-10(14)9-2-6-15-7-3-9/h9H,1-8H2,(H,13,14). The van der Waals surface area contributed by atoms with Crippen LogP contribution in [0, 0.1) is 5.92 Å². The van der Waals surface area contributed by atoms with Crippen LogP contribution in [0.3, 0.4) is 0 Å². The highest BCUT2D eigenvalue weighted by molar-refractivity contribution is 6.18. The van der Waals surface area contributed by atoms with Crippen molar-refractivity contribution in [1.82, 2.24) is 5.32 Å². The van der Waals surface area contributed by atoms with E-state index in [1.807, 2.05) is 0 Å². The van der Waals surface area contributed by atoms with E-state index in [1.54, 1.807) is 0 Å². The zero-order chi connectivity index (χ0) is 10.7. The van der Waals surface area contributed by atoms with Crippen molar-refractivity contribution < 1.29 is 9.53 Å². The number of nitrogens with one attached hydrogen (secondary N) is 1. The Balaban J connectivity index is 1.85. The summed E-state index contributed by atoms with van der Waals surface area (Å²) < 4.78 is 5.24. The van der Waals surface area contributed by atoms with Crippen molar-refractivity contribution in [1.29, 1.82) is 0 Å². The lowest BCUT2D eigenvalue weighted by molar-refractivity contribution is -0.130. The van der Waals surface area contributed by atoms with Crippen molar-refractivity contribution in [3.63, 3.8) is 0 Å². The van der Waals surface area contributed by atoms with E-state index >= 15 is 0 Å². The van der Waals surface area contributed by atoms with Gasteiger partial charge in [0.15, 0.2) is 0 Å². The van der Waals surface area contributed by atoms with E-state index < -0.39 is 0 Å². The number of hydrogen-bond donors (Lipinski definition) is 1. The molecule has 0 aromatic rings. The Morgan fingerprint density at radius 2 is 2.07 bits per heavy atom. The molecule has 15 heavy (non-hydrogen) atoms.